The summed E-state index contributed by atoms with van der Waals surface area (Å²) in [7, 11) is 4.14. The summed E-state index contributed by atoms with van der Waals surface area (Å²) in [6.07, 6.45) is 9.31. The minimum Gasteiger partial charge on any atom is -0.511 e. The average molecular weight is 550 g/mol. The summed E-state index contributed by atoms with van der Waals surface area (Å²) >= 11 is 0. The zero-order chi connectivity index (χ0) is 28.4. The van der Waals surface area contributed by atoms with Crippen LogP contribution in [0.15, 0.2) is 29.2 Å². The first kappa shape index (κ1) is 28.4. The van der Waals surface area contributed by atoms with Crippen LogP contribution in [0.5, 0.6) is 5.88 Å². The second-order valence-electron chi connectivity index (χ2n) is 12.0. The molecule has 1 aromatic rings. The second-order valence-corrected chi connectivity index (χ2v) is 12.0. The molecule has 1 aromatic heterocycles. The van der Waals surface area contributed by atoms with E-state index in [2.05, 4.69) is 32.1 Å². The van der Waals surface area contributed by atoms with Crippen molar-refractivity contribution in [1.82, 2.24) is 19.8 Å². The number of Topliss-reactive ketones (excluding diaryl/α,β-unsaturated/α-hetero) is 1. The van der Waals surface area contributed by atoms with Crippen molar-refractivity contribution in [3.8, 4) is 5.88 Å². The number of aliphatic hydroxyl groups is 1. The summed E-state index contributed by atoms with van der Waals surface area (Å²) in [5, 5.41) is 32.1. The van der Waals surface area contributed by atoms with Gasteiger partial charge in [0, 0.05) is 61.1 Å². The summed E-state index contributed by atoms with van der Waals surface area (Å²) in [5.74, 6) is 1.11. The summed E-state index contributed by atoms with van der Waals surface area (Å²) in [6, 6.07) is 2.01. The molecule has 216 valence electrons. The van der Waals surface area contributed by atoms with Crippen molar-refractivity contribution >= 4 is 23.0 Å². The van der Waals surface area contributed by atoms with Gasteiger partial charge in [-0.2, -0.15) is 4.98 Å². The van der Waals surface area contributed by atoms with Crippen LogP contribution in [0.4, 0.5) is 5.82 Å². The summed E-state index contributed by atoms with van der Waals surface area (Å²) in [5.41, 5.74) is 1.11. The van der Waals surface area contributed by atoms with Crippen molar-refractivity contribution in [2.75, 3.05) is 39.0 Å². The van der Waals surface area contributed by atoms with E-state index in [0.717, 1.165) is 50.8 Å². The number of likely N-dealkylation sites (N-methyl/N-ethyl adjacent to an activating group) is 2. The first-order chi connectivity index (χ1) is 19.2. The van der Waals surface area contributed by atoms with E-state index in [0.29, 0.717) is 61.6 Å². The van der Waals surface area contributed by atoms with Gasteiger partial charge < -0.3 is 25.5 Å². The van der Waals surface area contributed by atoms with Crippen LogP contribution >= 0.6 is 0 Å². The third-order valence-electron chi connectivity index (χ3n) is 9.18. The number of anilines is 1. The number of hydrogen-bond acceptors (Lipinski definition) is 10. The highest BCUT2D eigenvalue weighted by Crippen LogP contribution is 2.48. The molecule has 2 aliphatic heterocycles. The summed E-state index contributed by atoms with van der Waals surface area (Å²) in [6.45, 7) is 4.61. The lowest BCUT2D eigenvalue weighted by atomic mass is 9.64. The number of aromatic nitrogens is 2. The smallest absolute Gasteiger partial charge is 0.219 e. The van der Waals surface area contributed by atoms with E-state index >= 15 is 0 Å². The Morgan fingerprint density at radius 2 is 1.98 bits per heavy atom. The maximum absolute atomic E-state index is 13.0. The summed E-state index contributed by atoms with van der Waals surface area (Å²) < 4.78 is 6.34. The van der Waals surface area contributed by atoms with Crippen LogP contribution in [0.25, 0.3) is 0 Å². The molecule has 0 radical (unpaired) electrons. The number of ketones is 1. The van der Waals surface area contributed by atoms with Gasteiger partial charge in [-0.25, -0.2) is 4.98 Å². The number of nitrogens with zero attached hydrogens (tertiary/aromatic N) is 4. The number of nitrogens with one attached hydrogen (secondary N) is 3. The number of hydrogen-bond donors (Lipinski definition) is 4. The zero-order valence-electron chi connectivity index (χ0n) is 24.1. The van der Waals surface area contributed by atoms with Crippen molar-refractivity contribution < 1.29 is 14.6 Å². The van der Waals surface area contributed by atoms with Crippen molar-refractivity contribution in [3.05, 3.63) is 35.0 Å². The molecule has 0 aromatic carbocycles. The largest absolute Gasteiger partial charge is 0.511 e. The van der Waals surface area contributed by atoms with Gasteiger partial charge in [-0.15, -0.1) is 0 Å². The Bertz CT molecular complexity index is 1240. The average Bonchev–Trinajstić information content (AvgIpc) is 3.37. The van der Waals surface area contributed by atoms with Gasteiger partial charge in [0.05, 0.1) is 5.41 Å². The predicted octanol–water partition coefficient (Wildman–Crippen LogP) is 4.48. The fourth-order valence-corrected chi connectivity index (χ4v) is 6.77. The lowest BCUT2D eigenvalue weighted by molar-refractivity contribution is -0.131. The fourth-order valence-electron chi connectivity index (χ4n) is 6.77. The number of carbonyl (C=O) groups is 1. The standard InChI is InChI=1S/C30H43N7O3/c1-19(23-9-7-14-37(23)3)40-26-16-25(33-17-20-18-36(2)15-11-22(20)31)34-29(35-26)27(32)21-8-6-13-30(28(21)39)12-5-4-10-24(30)38/h16-17,19,23,31-32,39H,4-15,18H2,1-3H3,(H,33,34,35)/b20-17-,31-22?,32-27?/t19-,23-,30+/m0/s1. The Hall–Kier alpha value is -3.11. The third-order valence-corrected chi connectivity index (χ3v) is 9.18. The fraction of sp³-hybridized carbons (Fsp3) is 0.633. The zero-order valence-corrected chi connectivity index (χ0v) is 24.1. The van der Waals surface area contributed by atoms with Crippen molar-refractivity contribution in [1.29, 1.82) is 10.8 Å². The van der Waals surface area contributed by atoms with Crippen LogP contribution in [-0.2, 0) is 4.79 Å². The first-order valence-electron chi connectivity index (χ1n) is 14.7. The lowest BCUT2D eigenvalue weighted by Crippen LogP contribution is -2.39. The predicted molar refractivity (Wildman–Crippen MR) is 156 cm³/mol. The van der Waals surface area contributed by atoms with Crippen LogP contribution in [0, 0.1) is 16.2 Å². The number of carbonyl (C=O) groups excluding carboxylic acids is 1. The molecule has 5 rings (SSSR count). The van der Waals surface area contributed by atoms with E-state index in [9.17, 15) is 9.90 Å². The molecule has 2 saturated heterocycles. The number of piperidine rings is 1. The molecule has 0 amide bonds. The lowest BCUT2D eigenvalue weighted by Gasteiger charge is -2.39. The number of rotatable bonds is 7. The summed E-state index contributed by atoms with van der Waals surface area (Å²) in [4.78, 5) is 26.7. The van der Waals surface area contributed by atoms with Crippen LogP contribution in [0.1, 0.15) is 77.0 Å². The van der Waals surface area contributed by atoms with Gasteiger partial charge in [0.15, 0.2) is 5.82 Å². The molecule has 3 heterocycles. The Labute approximate surface area is 236 Å². The maximum atomic E-state index is 13.0. The Morgan fingerprint density at radius 1 is 1.18 bits per heavy atom. The van der Waals surface area contributed by atoms with Crippen LogP contribution in [0.2, 0.25) is 0 Å². The van der Waals surface area contributed by atoms with Crippen molar-refractivity contribution in [3.63, 3.8) is 0 Å². The highest BCUT2D eigenvalue weighted by molar-refractivity contribution is 6.09. The van der Waals surface area contributed by atoms with Gasteiger partial charge in [0.2, 0.25) is 5.88 Å². The van der Waals surface area contributed by atoms with Crippen molar-refractivity contribution in [2.24, 2.45) is 5.41 Å². The minimum absolute atomic E-state index is 0.0341. The molecule has 10 heteroatoms. The number of likely N-dealkylation sites (tertiary alicyclic amines) is 2. The molecular weight excluding hydrogens is 506 g/mol. The van der Waals surface area contributed by atoms with Gasteiger partial charge in [-0.3, -0.25) is 15.1 Å². The molecular formula is C30H43N7O3. The van der Waals surface area contributed by atoms with Crippen LogP contribution in [-0.4, -0.2) is 88.0 Å². The van der Waals surface area contributed by atoms with E-state index in [1.807, 2.05) is 14.0 Å². The van der Waals surface area contributed by atoms with Gasteiger partial charge in [0.25, 0.3) is 0 Å². The van der Waals surface area contributed by atoms with E-state index in [1.54, 1.807) is 12.3 Å². The van der Waals surface area contributed by atoms with E-state index in [-0.39, 0.29) is 35.2 Å². The molecule has 3 atom stereocenters. The molecule has 10 nitrogen and oxygen atoms in total. The van der Waals surface area contributed by atoms with Gasteiger partial charge >= 0.3 is 0 Å². The third kappa shape index (κ3) is 5.69. The van der Waals surface area contributed by atoms with Crippen LogP contribution in [0.3, 0.4) is 0 Å². The molecule has 0 unspecified atom stereocenters. The Kier molecular flexibility index (Phi) is 8.37. The normalized spacial score (nSPS) is 28.4. The Morgan fingerprint density at radius 3 is 2.73 bits per heavy atom. The first-order valence-corrected chi connectivity index (χ1v) is 14.7. The van der Waals surface area contributed by atoms with Crippen molar-refractivity contribution in [2.45, 2.75) is 83.3 Å². The number of ether oxygens (including phenoxy) is 1. The van der Waals surface area contributed by atoms with E-state index in [1.165, 1.54) is 0 Å². The van der Waals surface area contributed by atoms with E-state index in [4.69, 9.17) is 15.6 Å². The molecule has 2 aliphatic carbocycles. The number of aliphatic hydroxyl groups excluding tert-OH is 1. The van der Waals surface area contributed by atoms with Gasteiger partial charge in [0.1, 0.15) is 29.2 Å². The number of allylic oxidation sites excluding steroid dienone is 2. The highest BCUT2D eigenvalue weighted by atomic mass is 16.5. The molecule has 4 N–H and O–H groups in total. The second kappa shape index (κ2) is 11.8. The molecule has 1 saturated carbocycles. The Balaban J connectivity index is 1.47. The minimum atomic E-state index is -0.868. The highest BCUT2D eigenvalue weighted by Gasteiger charge is 2.47. The molecule has 1 spiro atoms. The van der Waals surface area contributed by atoms with Gasteiger partial charge in [-0.05, 0) is 72.5 Å². The maximum Gasteiger partial charge on any atom is 0.219 e. The van der Waals surface area contributed by atoms with Crippen LogP contribution < -0.4 is 10.1 Å². The van der Waals surface area contributed by atoms with E-state index < -0.39 is 5.41 Å². The molecule has 4 aliphatic rings. The molecule has 0 bridgehead atoms. The van der Waals surface area contributed by atoms with Gasteiger partial charge in [-0.1, -0.05) is 6.42 Å². The quantitative estimate of drug-likeness (QED) is 0.365. The SMILES string of the molecule is C[C@H](Oc1cc(N/C=C2/CN(C)CCC2=N)nc(C(=N)C2=C(O)[C@]3(CCCCC3=O)CCC2)n1)[C@@H]1CCCN1C. The monoisotopic (exact) mass is 549 g/mol. The topological polar surface area (TPSA) is 139 Å². The molecule has 3 fully saturated rings. The molecule has 40 heavy (non-hydrogen) atoms.